The molecule has 0 fully saturated rings. The lowest BCUT2D eigenvalue weighted by Crippen LogP contribution is -2.37. The highest BCUT2D eigenvalue weighted by Gasteiger charge is 2.25. The van der Waals surface area contributed by atoms with Gasteiger partial charge in [-0.05, 0) is 43.2 Å². The number of hydrogen-bond acceptors (Lipinski definition) is 6. The first-order chi connectivity index (χ1) is 14.2. The van der Waals surface area contributed by atoms with Crippen LogP contribution in [-0.2, 0) is 13.0 Å². The van der Waals surface area contributed by atoms with Gasteiger partial charge in [0.15, 0.2) is 0 Å². The third-order valence-electron chi connectivity index (χ3n) is 5.15. The molecule has 1 aliphatic heterocycles. The highest BCUT2D eigenvalue weighted by molar-refractivity contribution is 5.94. The summed E-state index contributed by atoms with van der Waals surface area (Å²) in [5.74, 6) is 1.62. The predicted molar refractivity (Wildman–Crippen MR) is 110 cm³/mol. The molecule has 7 heteroatoms. The van der Waals surface area contributed by atoms with Gasteiger partial charge in [-0.3, -0.25) is 9.78 Å². The van der Waals surface area contributed by atoms with Gasteiger partial charge < -0.3 is 15.0 Å². The second-order valence-corrected chi connectivity index (χ2v) is 7.01. The van der Waals surface area contributed by atoms with Crippen LogP contribution in [0.25, 0.3) is 0 Å². The molecule has 0 saturated carbocycles. The molecular weight excluding hydrogens is 366 g/mol. The van der Waals surface area contributed by atoms with Gasteiger partial charge in [-0.2, -0.15) is 0 Å². The zero-order valence-corrected chi connectivity index (χ0v) is 16.5. The smallest absolute Gasteiger partial charge is 0.255 e. The minimum atomic E-state index is -0.0263. The first-order valence-corrected chi connectivity index (χ1v) is 9.58. The Morgan fingerprint density at radius 1 is 1.24 bits per heavy atom. The Balaban J connectivity index is 1.52. The highest BCUT2D eigenvalue weighted by Crippen LogP contribution is 2.27. The topological polar surface area (TPSA) is 80.2 Å². The zero-order chi connectivity index (χ0) is 20.2. The largest absolute Gasteiger partial charge is 0.497 e. The number of methoxy groups -OCH3 is 1. The van der Waals surface area contributed by atoms with Gasteiger partial charge in [-0.15, -0.1) is 0 Å². The number of benzene rings is 1. The molecule has 148 valence electrons. The fraction of sp³-hybridized carbons (Fsp3) is 0.273. The molecule has 2 aromatic heterocycles. The van der Waals surface area contributed by atoms with Crippen LogP contribution in [0.1, 0.15) is 40.1 Å². The Morgan fingerprint density at radius 2 is 2.14 bits per heavy atom. The van der Waals surface area contributed by atoms with E-state index in [-0.39, 0.29) is 11.9 Å². The standard InChI is InChI=1S/C22H23N5O2/c1-15(16-5-3-7-18(11-16)29-2)26-21-19-8-10-27(13-20(19)24-14-25-21)22(28)17-6-4-9-23-12-17/h3-7,9,11-12,14-15H,8,10,13H2,1-2H3,(H,24,25,26)/t15-/m1/s1. The minimum absolute atomic E-state index is 0.0263. The molecule has 1 atom stereocenters. The Bertz CT molecular complexity index is 1010. The van der Waals surface area contributed by atoms with Crippen molar-refractivity contribution < 1.29 is 9.53 Å². The number of nitrogens with one attached hydrogen (secondary N) is 1. The molecule has 0 aliphatic carbocycles. The van der Waals surface area contributed by atoms with Gasteiger partial charge in [0.1, 0.15) is 17.9 Å². The number of nitrogens with zero attached hydrogens (tertiary/aromatic N) is 4. The Hall–Kier alpha value is -3.48. The summed E-state index contributed by atoms with van der Waals surface area (Å²) in [6, 6.07) is 11.6. The molecule has 0 spiro atoms. The van der Waals surface area contributed by atoms with Crippen molar-refractivity contribution in [1.82, 2.24) is 19.9 Å². The molecule has 7 nitrogen and oxygen atoms in total. The molecule has 0 bridgehead atoms. The van der Waals surface area contributed by atoms with Gasteiger partial charge in [0.25, 0.3) is 5.91 Å². The van der Waals surface area contributed by atoms with Gasteiger partial charge in [0, 0.05) is 24.5 Å². The highest BCUT2D eigenvalue weighted by atomic mass is 16.5. The number of hydrogen-bond donors (Lipinski definition) is 1. The molecule has 0 saturated heterocycles. The quantitative estimate of drug-likeness (QED) is 0.722. The number of anilines is 1. The van der Waals surface area contributed by atoms with Crippen LogP contribution in [0, 0.1) is 0 Å². The van der Waals surface area contributed by atoms with E-state index in [2.05, 4.69) is 33.3 Å². The molecule has 1 aromatic carbocycles. The summed E-state index contributed by atoms with van der Waals surface area (Å²) in [6.45, 7) is 3.18. The van der Waals surface area contributed by atoms with Crippen LogP contribution in [0.15, 0.2) is 55.1 Å². The van der Waals surface area contributed by atoms with E-state index in [4.69, 9.17) is 4.74 Å². The average molecular weight is 389 g/mol. The van der Waals surface area contributed by atoms with Gasteiger partial charge in [-0.1, -0.05) is 12.1 Å². The summed E-state index contributed by atoms with van der Waals surface area (Å²) in [4.78, 5) is 27.5. The third-order valence-corrected chi connectivity index (χ3v) is 5.15. The normalized spacial score (nSPS) is 14.1. The maximum Gasteiger partial charge on any atom is 0.255 e. The number of carbonyl (C=O) groups is 1. The van der Waals surface area contributed by atoms with Crippen LogP contribution in [0.4, 0.5) is 5.82 Å². The number of pyridine rings is 1. The van der Waals surface area contributed by atoms with Crippen molar-refractivity contribution in [2.75, 3.05) is 19.0 Å². The van der Waals surface area contributed by atoms with Crippen LogP contribution >= 0.6 is 0 Å². The molecule has 3 aromatic rings. The van der Waals surface area contributed by atoms with E-state index >= 15 is 0 Å². The molecule has 4 rings (SSSR count). The molecule has 3 heterocycles. The summed E-state index contributed by atoms with van der Waals surface area (Å²) in [6.07, 6.45) is 5.52. The van der Waals surface area contributed by atoms with Crippen LogP contribution in [-0.4, -0.2) is 39.4 Å². The van der Waals surface area contributed by atoms with Crippen molar-refractivity contribution in [3.8, 4) is 5.75 Å². The van der Waals surface area contributed by atoms with Gasteiger partial charge in [0.05, 0.1) is 31.0 Å². The SMILES string of the molecule is COc1cccc([C@@H](C)Nc2ncnc3c2CCN(C(=O)c2cccnc2)C3)c1. The number of aromatic nitrogens is 3. The van der Waals surface area contributed by atoms with Crippen molar-refractivity contribution in [2.45, 2.75) is 25.9 Å². The number of carbonyl (C=O) groups excluding carboxylic acids is 1. The molecule has 29 heavy (non-hydrogen) atoms. The number of rotatable bonds is 5. The first-order valence-electron chi connectivity index (χ1n) is 9.58. The fourth-order valence-electron chi connectivity index (χ4n) is 3.52. The van der Waals surface area contributed by atoms with E-state index in [0.717, 1.165) is 28.4 Å². The fourth-order valence-corrected chi connectivity index (χ4v) is 3.52. The summed E-state index contributed by atoms with van der Waals surface area (Å²) >= 11 is 0. The third kappa shape index (κ3) is 4.03. The molecule has 0 unspecified atom stereocenters. The van der Waals surface area contributed by atoms with Crippen LogP contribution in [0.3, 0.4) is 0 Å². The van der Waals surface area contributed by atoms with E-state index < -0.39 is 0 Å². The molecular formula is C22H23N5O2. The van der Waals surface area contributed by atoms with Gasteiger partial charge in [0.2, 0.25) is 0 Å². The summed E-state index contributed by atoms with van der Waals surface area (Å²) < 4.78 is 5.32. The summed E-state index contributed by atoms with van der Waals surface area (Å²) in [5.41, 5.74) is 3.65. The first kappa shape index (κ1) is 18.9. The lowest BCUT2D eigenvalue weighted by atomic mass is 10.0. The molecule has 0 radical (unpaired) electrons. The number of amides is 1. The maximum atomic E-state index is 12.7. The summed E-state index contributed by atoms with van der Waals surface area (Å²) in [5, 5.41) is 3.49. The Labute approximate surface area is 169 Å². The van der Waals surface area contributed by atoms with Crippen LogP contribution in [0.2, 0.25) is 0 Å². The minimum Gasteiger partial charge on any atom is -0.497 e. The van der Waals surface area contributed by atoms with E-state index in [1.807, 2.05) is 23.1 Å². The number of fused-ring (bicyclic) bond motifs is 1. The van der Waals surface area contributed by atoms with Crippen molar-refractivity contribution in [3.63, 3.8) is 0 Å². The van der Waals surface area contributed by atoms with Crippen LogP contribution < -0.4 is 10.1 Å². The van der Waals surface area contributed by atoms with Crippen molar-refractivity contribution in [3.05, 3.63) is 77.5 Å². The van der Waals surface area contributed by atoms with Crippen molar-refractivity contribution >= 4 is 11.7 Å². The van der Waals surface area contributed by atoms with Gasteiger partial charge in [-0.25, -0.2) is 9.97 Å². The second-order valence-electron chi connectivity index (χ2n) is 7.01. The lowest BCUT2D eigenvalue weighted by molar-refractivity contribution is 0.0731. The average Bonchev–Trinajstić information content (AvgIpc) is 2.79. The van der Waals surface area contributed by atoms with E-state index in [9.17, 15) is 4.79 Å². The molecule has 1 aliphatic rings. The monoisotopic (exact) mass is 389 g/mol. The van der Waals surface area contributed by atoms with E-state index in [1.54, 1.807) is 38.0 Å². The molecule has 1 amide bonds. The lowest BCUT2D eigenvalue weighted by Gasteiger charge is -2.29. The Kier molecular flexibility index (Phi) is 5.37. The van der Waals surface area contributed by atoms with Crippen molar-refractivity contribution in [1.29, 1.82) is 0 Å². The predicted octanol–water partition coefficient (Wildman–Crippen LogP) is 3.25. The second kappa shape index (κ2) is 8.26. The maximum absolute atomic E-state index is 12.7. The van der Waals surface area contributed by atoms with Crippen molar-refractivity contribution in [2.24, 2.45) is 0 Å². The number of ether oxygens (including phenoxy) is 1. The summed E-state index contributed by atoms with van der Waals surface area (Å²) in [7, 11) is 1.66. The van der Waals surface area contributed by atoms with E-state index in [1.165, 1.54) is 0 Å². The zero-order valence-electron chi connectivity index (χ0n) is 16.5. The van der Waals surface area contributed by atoms with Gasteiger partial charge >= 0.3 is 0 Å². The molecule has 1 N–H and O–H groups in total. The van der Waals surface area contributed by atoms with E-state index in [0.29, 0.717) is 25.1 Å². The van der Waals surface area contributed by atoms with Crippen LogP contribution in [0.5, 0.6) is 5.75 Å². The Morgan fingerprint density at radius 3 is 2.93 bits per heavy atom.